The third kappa shape index (κ3) is 4.07. The first-order valence-corrected chi connectivity index (χ1v) is 8.56. The van der Waals surface area contributed by atoms with Crippen LogP contribution >= 0.6 is 11.3 Å². The minimum Gasteiger partial charge on any atom is -0.316 e. The quantitative estimate of drug-likeness (QED) is 0.847. The van der Waals surface area contributed by atoms with Crippen molar-refractivity contribution in [3.05, 3.63) is 45.7 Å². The van der Waals surface area contributed by atoms with Crippen LogP contribution in [0.2, 0.25) is 0 Å². The molecule has 0 aliphatic rings. The van der Waals surface area contributed by atoms with Crippen LogP contribution in [-0.2, 0) is 23.1 Å². The van der Waals surface area contributed by atoms with Crippen molar-refractivity contribution in [2.24, 2.45) is 0 Å². The summed E-state index contributed by atoms with van der Waals surface area (Å²) in [6.07, 6.45) is 1.61. The first-order chi connectivity index (χ1) is 9.92. The van der Waals surface area contributed by atoms with E-state index >= 15 is 0 Å². The second kappa shape index (κ2) is 6.61. The maximum Gasteiger partial charge on any atom is 0.243 e. The van der Waals surface area contributed by atoms with Crippen molar-refractivity contribution in [2.75, 3.05) is 7.05 Å². The molecule has 0 aliphatic carbocycles. The number of halogens is 1. The van der Waals surface area contributed by atoms with Crippen LogP contribution in [0.15, 0.2) is 29.3 Å². The molecule has 0 aliphatic heterocycles. The molecule has 2 aromatic rings. The highest BCUT2D eigenvalue weighted by Crippen LogP contribution is 2.17. The van der Waals surface area contributed by atoms with Crippen molar-refractivity contribution < 1.29 is 12.8 Å². The van der Waals surface area contributed by atoms with Gasteiger partial charge in [0.05, 0.1) is 5.01 Å². The summed E-state index contributed by atoms with van der Waals surface area (Å²) in [5, 5.41) is 3.73. The first-order valence-electron chi connectivity index (χ1n) is 6.26. The van der Waals surface area contributed by atoms with Crippen molar-refractivity contribution >= 4 is 21.4 Å². The maximum absolute atomic E-state index is 13.9. The number of thiazole rings is 1. The largest absolute Gasteiger partial charge is 0.316 e. The summed E-state index contributed by atoms with van der Waals surface area (Å²) in [4.78, 5) is 4.48. The normalized spacial score (nSPS) is 11.8. The molecule has 0 radical (unpaired) electrons. The second-order valence-electron chi connectivity index (χ2n) is 4.47. The molecule has 0 fully saturated rings. The van der Waals surface area contributed by atoms with Crippen molar-refractivity contribution in [2.45, 2.75) is 24.9 Å². The first kappa shape index (κ1) is 16.0. The van der Waals surface area contributed by atoms with Crippen LogP contribution in [0.3, 0.4) is 0 Å². The molecule has 0 bridgehead atoms. The number of hydrogen-bond donors (Lipinski definition) is 2. The Bertz CT molecular complexity index is 729. The molecule has 5 nitrogen and oxygen atoms in total. The summed E-state index contributed by atoms with van der Waals surface area (Å²) in [6.45, 7) is 2.42. The molecule has 2 rings (SSSR count). The van der Waals surface area contributed by atoms with Gasteiger partial charge in [0.2, 0.25) is 10.0 Å². The average Bonchev–Trinajstić information content (AvgIpc) is 2.83. The lowest BCUT2D eigenvalue weighted by molar-refractivity contribution is 0.555. The van der Waals surface area contributed by atoms with E-state index in [2.05, 4.69) is 15.0 Å². The van der Waals surface area contributed by atoms with E-state index in [0.29, 0.717) is 12.1 Å². The van der Waals surface area contributed by atoms with Crippen LogP contribution in [0.5, 0.6) is 0 Å². The average molecular weight is 329 g/mol. The van der Waals surface area contributed by atoms with E-state index in [9.17, 15) is 12.8 Å². The van der Waals surface area contributed by atoms with Crippen LogP contribution in [0, 0.1) is 12.7 Å². The van der Waals surface area contributed by atoms with E-state index in [1.807, 2.05) is 6.92 Å². The third-order valence-corrected chi connectivity index (χ3v) is 5.12. The van der Waals surface area contributed by atoms with Gasteiger partial charge in [-0.15, -0.1) is 11.3 Å². The molecule has 114 valence electrons. The van der Waals surface area contributed by atoms with E-state index in [1.165, 1.54) is 23.5 Å². The molecule has 1 aromatic heterocycles. The standard InChI is InChI=1S/C13H16FN3O2S2/c1-9-16-7-11(20-9)8-17-21(18,19)13-4-3-10(6-15-2)5-12(13)14/h3-5,7,15,17H,6,8H2,1-2H3. The van der Waals surface area contributed by atoms with Crippen molar-refractivity contribution in [3.8, 4) is 0 Å². The number of sulfonamides is 1. The predicted molar refractivity (Wildman–Crippen MR) is 80.0 cm³/mol. The molecule has 8 heteroatoms. The molecule has 21 heavy (non-hydrogen) atoms. The number of benzene rings is 1. The highest BCUT2D eigenvalue weighted by atomic mass is 32.2. The molecule has 2 N–H and O–H groups in total. The molecular formula is C13H16FN3O2S2. The number of aromatic nitrogens is 1. The van der Waals surface area contributed by atoms with Gasteiger partial charge in [-0.25, -0.2) is 22.5 Å². The van der Waals surface area contributed by atoms with Gasteiger partial charge in [0.25, 0.3) is 0 Å². The van der Waals surface area contributed by atoms with E-state index in [1.54, 1.807) is 19.3 Å². The van der Waals surface area contributed by atoms with E-state index < -0.39 is 15.8 Å². The van der Waals surface area contributed by atoms with Gasteiger partial charge < -0.3 is 5.32 Å². The highest BCUT2D eigenvalue weighted by Gasteiger charge is 2.19. The zero-order valence-electron chi connectivity index (χ0n) is 11.7. The fraction of sp³-hybridized carbons (Fsp3) is 0.308. The summed E-state index contributed by atoms with van der Waals surface area (Å²) in [5.74, 6) is -0.754. The Hall–Kier alpha value is -1.35. The number of hydrogen-bond acceptors (Lipinski definition) is 5. The SMILES string of the molecule is CNCc1ccc(S(=O)(=O)NCc2cnc(C)s2)c(F)c1. The molecular weight excluding hydrogens is 313 g/mol. The van der Waals surface area contributed by atoms with E-state index in [-0.39, 0.29) is 11.4 Å². The summed E-state index contributed by atoms with van der Waals surface area (Å²) in [7, 11) is -2.14. The zero-order valence-corrected chi connectivity index (χ0v) is 13.3. The second-order valence-corrected chi connectivity index (χ2v) is 7.52. The monoisotopic (exact) mass is 329 g/mol. The Balaban J connectivity index is 2.15. The fourth-order valence-corrected chi connectivity index (χ4v) is 3.70. The summed E-state index contributed by atoms with van der Waals surface area (Å²) < 4.78 is 40.6. The Kier molecular flexibility index (Phi) is 5.04. The minimum atomic E-state index is -3.88. The van der Waals surface area contributed by atoms with Crippen molar-refractivity contribution in [1.29, 1.82) is 0 Å². The summed E-state index contributed by atoms with van der Waals surface area (Å²) in [5.41, 5.74) is 0.687. The van der Waals surface area contributed by atoms with Gasteiger partial charge in [0.1, 0.15) is 10.7 Å². The van der Waals surface area contributed by atoms with Crippen LogP contribution in [0.1, 0.15) is 15.4 Å². The fourth-order valence-electron chi connectivity index (χ4n) is 1.81. The predicted octanol–water partition coefficient (Wildman–Crippen LogP) is 1.79. The van der Waals surface area contributed by atoms with E-state index in [4.69, 9.17) is 0 Å². The van der Waals surface area contributed by atoms with Gasteiger partial charge >= 0.3 is 0 Å². The zero-order chi connectivity index (χ0) is 15.5. The van der Waals surface area contributed by atoms with Crippen LogP contribution in [-0.4, -0.2) is 20.4 Å². The number of aryl methyl sites for hydroxylation is 1. The lowest BCUT2D eigenvalue weighted by Gasteiger charge is -2.08. The van der Waals surface area contributed by atoms with Gasteiger partial charge in [0, 0.05) is 24.2 Å². The van der Waals surface area contributed by atoms with Gasteiger partial charge in [0.15, 0.2) is 0 Å². The van der Waals surface area contributed by atoms with Crippen LogP contribution in [0.25, 0.3) is 0 Å². The Morgan fingerprint density at radius 3 is 2.67 bits per heavy atom. The van der Waals surface area contributed by atoms with Crippen molar-refractivity contribution in [1.82, 2.24) is 15.0 Å². The smallest absolute Gasteiger partial charge is 0.243 e. The Morgan fingerprint density at radius 2 is 2.10 bits per heavy atom. The van der Waals surface area contributed by atoms with Crippen molar-refractivity contribution in [3.63, 3.8) is 0 Å². The van der Waals surface area contributed by atoms with Gasteiger partial charge in [-0.1, -0.05) is 6.07 Å². The van der Waals surface area contributed by atoms with Crippen LogP contribution in [0.4, 0.5) is 4.39 Å². The van der Waals surface area contributed by atoms with Crippen LogP contribution < -0.4 is 10.0 Å². The molecule has 0 saturated heterocycles. The summed E-state index contributed by atoms with van der Waals surface area (Å²) >= 11 is 1.40. The molecule has 1 heterocycles. The van der Waals surface area contributed by atoms with E-state index in [0.717, 1.165) is 9.88 Å². The molecule has 0 saturated carbocycles. The molecule has 0 atom stereocenters. The number of rotatable bonds is 6. The highest BCUT2D eigenvalue weighted by molar-refractivity contribution is 7.89. The minimum absolute atomic E-state index is 0.103. The van der Waals surface area contributed by atoms with Gasteiger partial charge in [-0.2, -0.15) is 0 Å². The Labute approximate surface area is 127 Å². The third-order valence-electron chi connectivity index (χ3n) is 2.77. The molecule has 0 unspecified atom stereocenters. The Morgan fingerprint density at radius 1 is 1.33 bits per heavy atom. The molecule has 1 aromatic carbocycles. The number of nitrogens with zero attached hydrogens (tertiary/aromatic N) is 1. The molecule has 0 spiro atoms. The lowest BCUT2D eigenvalue weighted by Crippen LogP contribution is -2.24. The van der Waals surface area contributed by atoms with Gasteiger partial charge in [-0.3, -0.25) is 0 Å². The summed E-state index contributed by atoms with van der Waals surface area (Å²) in [6, 6.07) is 4.09. The number of nitrogens with one attached hydrogen (secondary N) is 2. The topological polar surface area (TPSA) is 71.1 Å². The maximum atomic E-state index is 13.9. The molecule has 0 amide bonds. The van der Waals surface area contributed by atoms with Gasteiger partial charge in [-0.05, 0) is 31.7 Å². The lowest BCUT2D eigenvalue weighted by atomic mass is 10.2.